The molecule has 4 heteroatoms. The first-order valence-electron chi connectivity index (χ1n) is 4.54. The Hall–Kier alpha value is -0.107. The maximum absolute atomic E-state index is 8.47. The van der Waals surface area contributed by atoms with Crippen LogP contribution < -0.4 is 17.7 Å². The minimum atomic E-state index is 0. The number of hydrogen-bond donors (Lipinski definition) is 2. The molecule has 1 aromatic carbocycles. The Bertz CT molecular complexity index is 197. The van der Waals surface area contributed by atoms with Crippen molar-refractivity contribution >= 4 is 5.69 Å². The molecule has 0 saturated carbocycles. The van der Waals surface area contributed by atoms with Crippen LogP contribution in [0.4, 0.5) is 5.69 Å². The van der Waals surface area contributed by atoms with Gasteiger partial charge in [0.05, 0.1) is 6.61 Å². The molecule has 0 saturated heterocycles. The summed E-state index contributed by atoms with van der Waals surface area (Å²) < 4.78 is 0. The van der Waals surface area contributed by atoms with Crippen LogP contribution in [-0.4, -0.2) is 18.3 Å². The monoisotopic (exact) mass is 265 g/mol. The molecule has 0 heterocycles. The van der Waals surface area contributed by atoms with Gasteiger partial charge in [-0.15, -0.1) is 0 Å². The Morgan fingerprint density at radius 3 is 2.21 bits per heavy atom. The first-order chi connectivity index (χ1) is 6.35. The molecule has 1 aromatic rings. The fourth-order valence-electron chi connectivity index (χ4n) is 0.756. The Morgan fingerprint density at radius 2 is 1.79 bits per heavy atom. The molecule has 76 valence electrons. The van der Waals surface area contributed by atoms with Gasteiger partial charge in [-0.05, 0) is 12.1 Å². The van der Waals surface area contributed by atoms with E-state index < -0.39 is 0 Å². The Morgan fingerprint density at radius 1 is 1.29 bits per heavy atom. The normalized spacial score (nSPS) is 8.00. The second-order valence-electron chi connectivity index (χ2n) is 2.52. The number of anilines is 1. The molecule has 0 bridgehead atoms. The predicted molar refractivity (Wildman–Crippen MR) is 52.5 cm³/mol. The number of para-hydroxylation sites is 1. The van der Waals surface area contributed by atoms with E-state index in [0.717, 1.165) is 5.69 Å². The Labute approximate surface area is 102 Å². The van der Waals surface area contributed by atoms with Crippen molar-refractivity contribution in [1.29, 1.82) is 0 Å². The zero-order chi connectivity index (χ0) is 9.94. The SMILES string of the molecule is C[CH2][Zn+].OCCNc1ccccc1.[Cl-]. The molecular formula is C10H16ClNOZn. The van der Waals surface area contributed by atoms with Crippen LogP contribution in [0, 0.1) is 0 Å². The standard InChI is InChI=1S/C8H11NO.C2H5.ClH.Zn/c10-7-6-9-8-4-2-1-3-5-8;1-2;;/h1-5,9-10H,6-7H2;1H2,2H3;1H;/q;;;+1/p-1. The number of aliphatic hydroxyl groups excluding tert-OH is 1. The van der Waals surface area contributed by atoms with Gasteiger partial charge < -0.3 is 22.8 Å². The van der Waals surface area contributed by atoms with Gasteiger partial charge in [-0.3, -0.25) is 0 Å². The fraction of sp³-hybridized carbons (Fsp3) is 0.400. The molecule has 0 aromatic heterocycles. The minimum absolute atomic E-state index is 0. The van der Waals surface area contributed by atoms with E-state index in [0.29, 0.717) is 6.54 Å². The summed E-state index contributed by atoms with van der Waals surface area (Å²) in [7, 11) is 0. The zero-order valence-electron chi connectivity index (χ0n) is 8.54. The van der Waals surface area contributed by atoms with E-state index in [1.54, 1.807) is 0 Å². The van der Waals surface area contributed by atoms with Crippen LogP contribution in [0.3, 0.4) is 0 Å². The van der Waals surface area contributed by atoms with E-state index in [2.05, 4.69) is 12.2 Å². The summed E-state index contributed by atoms with van der Waals surface area (Å²) in [5.74, 6) is 0. The van der Waals surface area contributed by atoms with Crippen LogP contribution in [0.2, 0.25) is 5.02 Å². The van der Waals surface area contributed by atoms with Crippen LogP contribution in [0.1, 0.15) is 6.92 Å². The minimum Gasteiger partial charge on any atom is -1.00 e. The summed E-state index contributed by atoms with van der Waals surface area (Å²) in [6.07, 6.45) is 0. The van der Waals surface area contributed by atoms with Crippen molar-refractivity contribution in [3.63, 3.8) is 0 Å². The van der Waals surface area contributed by atoms with E-state index in [9.17, 15) is 0 Å². The number of halogens is 1. The molecule has 2 N–H and O–H groups in total. The van der Waals surface area contributed by atoms with Gasteiger partial charge in [0.2, 0.25) is 0 Å². The maximum atomic E-state index is 8.47. The van der Waals surface area contributed by atoms with Crippen molar-refractivity contribution in [2.45, 2.75) is 11.9 Å². The van der Waals surface area contributed by atoms with Crippen molar-refractivity contribution in [3.05, 3.63) is 30.3 Å². The average molecular weight is 267 g/mol. The van der Waals surface area contributed by atoms with Gasteiger partial charge >= 0.3 is 30.2 Å². The number of nitrogens with one attached hydrogen (secondary N) is 1. The van der Waals surface area contributed by atoms with Gasteiger partial charge in [-0.2, -0.15) is 0 Å². The molecule has 0 aliphatic rings. The fourth-order valence-corrected chi connectivity index (χ4v) is 0.756. The van der Waals surface area contributed by atoms with Gasteiger partial charge in [0.1, 0.15) is 0 Å². The number of hydrogen-bond acceptors (Lipinski definition) is 2. The quantitative estimate of drug-likeness (QED) is 0.693. The first-order valence-corrected chi connectivity index (χ1v) is 6.64. The van der Waals surface area contributed by atoms with E-state index in [1.165, 1.54) is 23.3 Å². The third-order valence-corrected chi connectivity index (χ3v) is 1.21. The van der Waals surface area contributed by atoms with Crippen LogP contribution >= 0.6 is 0 Å². The summed E-state index contributed by atoms with van der Waals surface area (Å²) in [4.78, 5) is 0. The number of rotatable bonds is 3. The Kier molecular flexibility index (Phi) is 15.0. The van der Waals surface area contributed by atoms with Crippen molar-refractivity contribution in [2.24, 2.45) is 0 Å². The second-order valence-corrected chi connectivity index (χ2v) is 4.61. The van der Waals surface area contributed by atoms with Crippen LogP contribution in [-0.2, 0) is 18.3 Å². The molecule has 0 radical (unpaired) electrons. The van der Waals surface area contributed by atoms with Gasteiger partial charge in [0.25, 0.3) is 0 Å². The van der Waals surface area contributed by atoms with Crippen LogP contribution in [0.5, 0.6) is 0 Å². The number of aliphatic hydroxyl groups is 1. The summed E-state index contributed by atoms with van der Waals surface area (Å²) in [5.41, 5.74) is 1.05. The van der Waals surface area contributed by atoms with E-state index in [-0.39, 0.29) is 19.0 Å². The molecule has 0 aliphatic carbocycles. The first kappa shape index (κ1) is 16.3. The van der Waals surface area contributed by atoms with E-state index >= 15 is 0 Å². The molecular weight excluding hydrogens is 251 g/mol. The summed E-state index contributed by atoms with van der Waals surface area (Å²) in [5, 5.41) is 12.9. The van der Waals surface area contributed by atoms with Crippen molar-refractivity contribution in [1.82, 2.24) is 0 Å². The largest absolute Gasteiger partial charge is 1.00 e. The van der Waals surface area contributed by atoms with Gasteiger partial charge in [0, 0.05) is 12.2 Å². The maximum Gasteiger partial charge on any atom is 0.0604 e. The molecule has 0 aliphatic heterocycles. The third kappa shape index (κ3) is 9.98. The molecule has 0 spiro atoms. The van der Waals surface area contributed by atoms with Crippen molar-refractivity contribution < 1.29 is 35.8 Å². The van der Waals surface area contributed by atoms with Gasteiger partial charge in [-0.25, -0.2) is 0 Å². The molecule has 0 fully saturated rings. The van der Waals surface area contributed by atoms with Crippen molar-refractivity contribution in [2.75, 3.05) is 18.5 Å². The van der Waals surface area contributed by atoms with Crippen molar-refractivity contribution in [3.8, 4) is 0 Å². The summed E-state index contributed by atoms with van der Waals surface area (Å²) in [6.45, 7) is 2.97. The van der Waals surface area contributed by atoms with Gasteiger partial charge in [0.15, 0.2) is 0 Å². The molecule has 14 heavy (non-hydrogen) atoms. The summed E-state index contributed by atoms with van der Waals surface area (Å²) in [6, 6.07) is 9.81. The van der Waals surface area contributed by atoms with Gasteiger partial charge in [-0.1, -0.05) is 18.2 Å². The predicted octanol–water partition coefficient (Wildman–Crippen LogP) is -0.934. The van der Waals surface area contributed by atoms with Crippen LogP contribution in [0.25, 0.3) is 0 Å². The molecule has 0 atom stereocenters. The smallest absolute Gasteiger partial charge is 0.0604 e. The topological polar surface area (TPSA) is 32.3 Å². The molecule has 0 amide bonds. The molecule has 2 nitrogen and oxygen atoms in total. The van der Waals surface area contributed by atoms with Crippen LogP contribution in [0.15, 0.2) is 30.3 Å². The third-order valence-electron chi connectivity index (χ3n) is 1.21. The molecule has 1 rings (SSSR count). The molecule has 0 unspecified atom stereocenters. The van der Waals surface area contributed by atoms with E-state index in [1.807, 2.05) is 30.3 Å². The van der Waals surface area contributed by atoms with E-state index in [4.69, 9.17) is 5.11 Å². The second kappa shape index (κ2) is 12.9. The zero-order valence-corrected chi connectivity index (χ0v) is 12.3. The summed E-state index contributed by atoms with van der Waals surface area (Å²) >= 11 is 1.44. The Balaban J connectivity index is 0. The number of benzene rings is 1. The average Bonchev–Trinajstić information content (AvgIpc) is 2.18.